The molecule has 5 rings (SSSR count). The van der Waals surface area contributed by atoms with E-state index in [4.69, 9.17) is 10.7 Å². The molecule has 1 atom stereocenters. The lowest BCUT2D eigenvalue weighted by Gasteiger charge is -2.31. The Bertz CT molecular complexity index is 1260. The summed E-state index contributed by atoms with van der Waals surface area (Å²) in [6.45, 7) is 1.52. The Morgan fingerprint density at radius 3 is 2.47 bits per heavy atom. The zero-order valence-corrected chi connectivity index (χ0v) is 18.3. The lowest BCUT2D eigenvalue weighted by atomic mass is 9.95. The van der Waals surface area contributed by atoms with Crippen molar-refractivity contribution >= 4 is 49.3 Å². The van der Waals surface area contributed by atoms with Gasteiger partial charge in [0.05, 0.1) is 10.2 Å². The van der Waals surface area contributed by atoms with Crippen LogP contribution in [0, 0.1) is 5.92 Å². The molecular weight excluding hydrogens is 420 g/mol. The van der Waals surface area contributed by atoms with Gasteiger partial charge in [-0.3, -0.25) is 9.59 Å². The van der Waals surface area contributed by atoms with E-state index in [2.05, 4.69) is 16.3 Å². The van der Waals surface area contributed by atoms with Crippen LogP contribution in [0.25, 0.3) is 21.0 Å². The highest BCUT2D eigenvalue weighted by atomic mass is 32.1. The Kier molecular flexibility index (Phi) is 5.49. The van der Waals surface area contributed by atoms with Crippen LogP contribution in [0.2, 0.25) is 0 Å². The molecule has 3 aromatic carbocycles. The van der Waals surface area contributed by atoms with Crippen LogP contribution in [0.5, 0.6) is 0 Å². The van der Waals surface area contributed by atoms with Crippen LogP contribution in [0.4, 0.5) is 5.13 Å². The largest absolute Gasteiger partial charge is 0.368 e. The third-order valence-corrected chi connectivity index (χ3v) is 7.19. The lowest BCUT2D eigenvalue weighted by Crippen LogP contribution is -2.44. The van der Waals surface area contributed by atoms with Gasteiger partial charge in [-0.05, 0) is 47.4 Å². The second-order valence-corrected chi connectivity index (χ2v) is 9.19. The number of hydrogen-bond donors (Lipinski definition) is 2. The number of nitrogens with zero attached hydrogens (tertiary/aromatic N) is 2. The van der Waals surface area contributed by atoms with Crippen LogP contribution in [0.1, 0.15) is 24.4 Å². The van der Waals surface area contributed by atoms with Crippen LogP contribution in [-0.2, 0) is 9.59 Å². The Morgan fingerprint density at radius 2 is 1.72 bits per heavy atom. The second kappa shape index (κ2) is 8.59. The monoisotopic (exact) mass is 444 g/mol. The van der Waals surface area contributed by atoms with E-state index in [0.717, 1.165) is 34.5 Å². The van der Waals surface area contributed by atoms with Crippen molar-refractivity contribution in [2.24, 2.45) is 11.7 Å². The molecule has 1 aliphatic heterocycles. The normalized spacial score (nSPS) is 15.7. The summed E-state index contributed by atoms with van der Waals surface area (Å²) in [5.41, 5.74) is 7.37. The van der Waals surface area contributed by atoms with Crippen molar-refractivity contribution in [2.75, 3.05) is 18.0 Å². The number of benzene rings is 3. The molecule has 7 heteroatoms. The molecule has 6 nitrogen and oxygen atoms in total. The topological polar surface area (TPSA) is 88.3 Å². The number of primary amides is 1. The number of para-hydroxylation sites is 1. The number of rotatable bonds is 5. The molecule has 1 fully saturated rings. The summed E-state index contributed by atoms with van der Waals surface area (Å²) in [6, 6.07) is 20.9. The third kappa shape index (κ3) is 4.03. The summed E-state index contributed by atoms with van der Waals surface area (Å²) in [5.74, 6) is -0.825. The molecule has 2 heterocycles. The van der Waals surface area contributed by atoms with E-state index in [0.29, 0.717) is 18.4 Å². The Labute approximate surface area is 190 Å². The molecule has 0 saturated carbocycles. The van der Waals surface area contributed by atoms with Gasteiger partial charge in [0, 0.05) is 19.0 Å². The first kappa shape index (κ1) is 20.5. The van der Waals surface area contributed by atoms with Crippen LogP contribution in [-0.4, -0.2) is 29.9 Å². The van der Waals surface area contributed by atoms with Gasteiger partial charge >= 0.3 is 0 Å². The smallest absolute Gasteiger partial charge is 0.244 e. The van der Waals surface area contributed by atoms with Crippen molar-refractivity contribution in [1.29, 1.82) is 0 Å². The molecule has 1 aliphatic rings. The number of piperidine rings is 1. The maximum Gasteiger partial charge on any atom is 0.244 e. The number of carbonyl (C=O) groups excluding carboxylic acids is 2. The number of aromatic nitrogens is 1. The van der Waals surface area contributed by atoms with Gasteiger partial charge in [0.25, 0.3) is 0 Å². The third-order valence-electron chi connectivity index (χ3n) is 6.10. The van der Waals surface area contributed by atoms with Crippen molar-refractivity contribution in [1.82, 2.24) is 10.3 Å². The fourth-order valence-corrected chi connectivity index (χ4v) is 5.31. The van der Waals surface area contributed by atoms with E-state index in [-0.39, 0.29) is 11.8 Å². The van der Waals surface area contributed by atoms with E-state index in [9.17, 15) is 9.59 Å². The molecule has 0 aliphatic carbocycles. The number of nitrogens with two attached hydrogens (primary N) is 1. The first-order chi connectivity index (χ1) is 15.6. The fourth-order valence-electron chi connectivity index (χ4n) is 4.29. The number of fused-ring (bicyclic) bond motifs is 2. The summed E-state index contributed by atoms with van der Waals surface area (Å²) in [4.78, 5) is 32.1. The first-order valence-corrected chi connectivity index (χ1v) is 11.6. The highest BCUT2D eigenvalue weighted by Gasteiger charge is 2.29. The molecule has 0 bridgehead atoms. The van der Waals surface area contributed by atoms with Crippen LogP contribution >= 0.6 is 11.3 Å². The average molecular weight is 445 g/mol. The summed E-state index contributed by atoms with van der Waals surface area (Å²) in [6.07, 6.45) is 1.43. The summed E-state index contributed by atoms with van der Waals surface area (Å²) in [5, 5.41) is 5.98. The van der Waals surface area contributed by atoms with E-state index < -0.39 is 11.9 Å². The molecular formula is C25H24N4O2S. The van der Waals surface area contributed by atoms with Crippen molar-refractivity contribution < 1.29 is 9.59 Å². The Hall–Kier alpha value is -3.45. The minimum Gasteiger partial charge on any atom is -0.368 e. The molecule has 3 N–H and O–H groups in total. The van der Waals surface area contributed by atoms with Gasteiger partial charge in [0.1, 0.15) is 6.04 Å². The summed E-state index contributed by atoms with van der Waals surface area (Å²) < 4.78 is 1.17. The minimum atomic E-state index is -0.839. The zero-order valence-electron chi connectivity index (χ0n) is 17.5. The van der Waals surface area contributed by atoms with Crippen molar-refractivity contribution in [3.05, 3.63) is 72.3 Å². The Morgan fingerprint density at radius 1 is 1.00 bits per heavy atom. The van der Waals surface area contributed by atoms with Crippen molar-refractivity contribution in [3.63, 3.8) is 0 Å². The summed E-state index contributed by atoms with van der Waals surface area (Å²) >= 11 is 1.68. The minimum absolute atomic E-state index is 0.120. The number of thiazole rings is 1. The maximum absolute atomic E-state index is 13.0. The first-order valence-electron chi connectivity index (χ1n) is 10.8. The molecule has 32 heavy (non-hydrogen) atoms. The average Bonchev–Trinajstić information content (AvgIpc) is 3.26. The predicted molar refractivity (Wildman–Crippen MR) is 129 cm³/mol. The molecule has 1 aromatic heterocycles. The van der Waals surface area contributed by atoms with Gasteiger partial charge in [-0.2, -0.15) is 0 Å². The number of nitrogens with one attached hydrogen (secondary N) is 1. The van der Waals surface area contributed by atoms with Crippen LogP contribution < -0.4 is 16.0 Å². The molecule has 0 spiro atoms. The maximum atomic E-state index is 13.0. The highest BCUT2D eigenvalue weighted by Crippen LogP contribution is 2.31. The zero-order chi connectivity index (χ0) is 22.1. The fraction of sp³-hybridized carbons (Fsp3) is 0.240. The number of hydrogen-bond acceptors (Lipinski definition) is 5. The highest BCUT2D eigenvalue weighted by molar-refractivity contribution is 7.22. The predicted octanol–water partition coefficient (Wildman–Crippen LogP) is 4.01. The van der Waals surface area contributed by atoms with Crippen molar-refractivity contribution in [3.8, 4) is 0 Å². The molecule has 0 radical (unpaired) electrons. The quantitative estimate of drug-likeness (QED) is 0.487. The molecule has 4 aromatic rings. The van der Waals surface area contributed by atoms with Gasteiger partial charge in [-0.15, -0.1) is 0 Å². The SMILES string of the molecule is NC(=O)C(NC(=O)C1CCN(c2nc3ccccc3s2)CC1)c1ccc2ccccc2c1. The van der Waals surface area contributed by atoms with Crippen LogP contribution in [0.3, 0.4) is 0 Å². The molecule has 162 valence electrons. The lowest BCUT2D eigenvalue weighted by molar-refractivity contribution is -0.130. The van der Waals surface area contributed by atoms with Gasteiger partial charge in [-0.25, -0.2) is 4.98 Å². The molecule has 2 amide bonds. The van der Waals surface area contributed by atoms with Gasteiger partial charge in [0.15, 0.2) is 5.13 Å². The van der Waals surface area contributed by atoms with Crippen LogP contribution in [0.15, 0.2) is 66.7 Å². The van der Waals surface area contributed by atoms with Crippen molar-refractivity contribution in [2.45, 2.75) is 18.9 Å². The number of anilines is 1. The van der Waals surface area contributed by atoms with E-state index in [1.165, 1.54) is 4.70 Å². The number of carbonyl (C=O) groups is 2. The van der Waals surface area contributed by atoms with E-state index in [1.807, 2.05) is 60.7 Å². The van der Waals surface area contributed by atoms with Gasteiger partial charge in [0.2, 0.25) is 11.8 Å². The van der Waals surface area contributed by atoms with E-state index >= 15 is 0 Å². The standard InChI is InChI=1S/C25H24N4O2S/c26-23(30)22(19-10-9-16-5-1-2-6-18(16)15-19)28-24(31)17-11-13-29(14-12-17)25-27-20-7-3-4-8-21(20)32-25/h1-10,15,17,22H,11-14H2,(H2,26,30)(H,28,31). The van der Waals surface area contributed by atoms with Gasteiger partial charge < -0.3 is 16.0 Å². The van der Waals surface area contributed by atoms with E-state index in [1.54, 1.807) is 11.3 Å². The Balaban J connectivity index is 1.26. The summed E-state index contributed by atoms with van der Waals surface area (Å²) in [7, 11) is 0. The number of amides is 2. The van der Waals surface area contributed by atoms with Gasteiger partial charge in [-0.1, -0.05) is 59.9 Å². The molecule has 1 saturated heterocycles. The second-order valence-electron chi connectivity index (χ2n) is 8.18. The molecule has 1 unspecified atom stereocenters.